The molecule has 0 bridgehead atoms. The van der Waals surface area contributed by atoms with Gasteiger partial charge in [0.15, 0.2) is 0 Å². The van der Waals surface area contributed by atoms with Crippen LogP contribution in [0.1, 0.15) is 45.4 Å². The fourth-order valence-corrected chi connectivity index (χ4v) is 1.91. The molecule has 0 radical (unpaired) electrons. The van der Waals surface area contributed by atoms with E-state index in [1.54, 1.807) is 0 Å². The fraction of sp³-hybridized carbons (Fsp3) is 0.667. The Morgan fingerprint density at radius 3 is 2.44 bits per heavy atom. The van der Waals surface area contributed by atoms with Gasteiger partial charge in [-0.3, -0.25) is 0 Å². The highest BCUT2D eigenvalue weighted by Crippen LogP contribution is 2.24. The number of aromatic nitrogens is 1. The molecule has 0 spiro atoms. The molecule has 0 amide bonds. The Balaban J connectivity index is 3.13. The molecule has 3 nitrogen and oxygen atoms in total. The van der Waals surface area contributed by atoms with Crippen molar-refractivity contribution >= 4 is 5.82 Å². The Labute approximate surface area is 112 Å². The monoisotopic (exact) mass is 249 g/mol. The van der Waals surface area contributed by atoms with Gasteiger partial charge in [-0.1, -0.05) is 27.7 Å². The lowest BCUT2D eigenvalue weighted by Crippen LogP contribution is -2.23. The number of rotatable bonds is 5. The van der Waals surface area contributed by atoms with Crippen molar-refractivity contribution in [2.45, 2.75) is 46.1 Å². The van der Waals surface area contributed by atoms with E-state index in [1.165, 1.54) is 5.56 Å². The van der Waals surface area contributed by atoms with Crippen LogP contribution in [0.15, 0.2) is 12.1 Å². The zero-order chi connectivity index (χ0) is 13.8. The largest absolute Gasteiger partial charge is 0.360 e. The molecule has 0 aliphatic carbocycles. The first-order valence-electron chi connectivity index (χ1n) is 6.75. The van der Waals surface area contributed by atoms with E-state index >= 15 is 0 Å². The highest BCUT2D eigenvalue weighted by molar-refractivity contribution is 5.43. The predicted octanol–water partition coefficient (Wildman–Crippen LogP) is 2.94. The van der Waals surface area contributed by atoms with Crippen LogP contribution < -0.4 is 10.2 Å². The molecule has 1 heterocycles. The summed E-state index contributed by atoms with van der Waals surface area (Å²) in [7, 11) is 4.09. The number of hydrogen-bond donors (Lipinski definition) is 1. The SMILES string of the molecule is CCCN(C)c1cc(CNC)cc(C(C)(C)C)n1. The highest BCUT2D eigenvalue weighted by atomic mass is 15.2. The van der Waals surface area contributed by atoms with Crippen LogP contribution in [-0.4, -0.2) is 25.6 Å². The van der Waals surface area contributed by atoms with E-state index in [9.17, 15) is 0 Å². The molecule has 1 aromatic heterocycles. The second-order valence-corrected chi connectivity index (χ2v) is 5.92. The van der Waals surface area contributed by atoms with Gasteiger partial charge in [-0.2, -0.15) is 0 Å². The van der Waals surface area contributed by atoms with Crippen molar-refractivity contribution in [3.63, 3.8) is 0 Å². The number of nitrogens with one attached hydrogen (secondary N) is 1. The number of nitrogens with zero attached hydrogens (tertiary/aromatic N) is 2. The van der Waals surface area contributed by atoms with Gasteiger partial charge in [-0.05, 0) is 31.2 Å². The third kappa shape index (κ3) is 3.98. The van der Waals surface area contributed by atoms with Crippen LogP contribution in [0, 0.1) is 0 Å². The Morgan fingerprint density at radius 2 is 1.94 bits per heavy atom. The van der Waals surface area contributed by atoms with Crippen LogP contribution in [0.4, 0.5) is 5.82 Å². The topological polar surface area (TPSA) is 28.2 Å². The first-order valence-corrected chi connectivity index (χ1v) is 6.75. The summed E-state index contributed by atoms with van der Waals surface area (Å²) in [6.07, 6.45) is 1.14. The molecule has 1 aromatic rings. The van der Waals surface area contributed by atoms with Crippen molar-refractivity contribution in [2.75, 3.05) is 25.5 Å². The van der Waals surface area contributed by atoms with E-state index in [2.05, 4.69) is 57.1 Å². The van der Waals surface area contributed by atoms with E-state index in [0.717, 1.165) is 31.0 Å². The third-order valence-electron chi connectivity index (χ3n) is 2.97. The van der Waals surface area contributed by atoms with Crippen LogP contribution in [0.2, 0.25) is 0 Å². The molecule has 0 atom stereocenters. The van der Waals surface area contributed by atoms with E-state index in [1.807, 2.05) is 7.05 Å². The summed E-state index contributed by atoms with van der Waals surface area (Å²) < 4.78 is 0. The van der Waals surface area contributed by atoms with Crippen LogP contribution >= 0.6 is 0 Å². The summed E-state index contributed by atoms with van der Waals surface area (Å²) in [5, 5.41) is 3.21. The Kier molecular flexibility index (Phi) is 5.15. The molecule has 0 fully saturated rings. The van der Waals surface area contributed by atoms with Gasteiger partial charge in [-0.25, -0.2) is 4.98 Å². The van der Waals surface area contributed by atoms with Crippen LogP contribution in [-0.2, 0) is 12.0 Å². The van der Waals surface area contributed by atoms with Crippen molar-refractivity contribution in [2.24, 2.45) is 0 Å². The minimum Gasteiger partial charge on any atom is -0.360 e. The average Bonchev–Trinajstić information content (AvgIpc) is 2.28. The molecule has 102 valence electrons. The molecular formula is C15H27N3. The Bertz CT molecular complexity index is 380. The van der Waals surface area contributed by atoms with Crippen molar-refractivity contribution in [1.29, 1.82) is 0 Å². The van der Waals surface area contributed by atoms with Crippen molar-refractivity contribution < 1.29 is 0 Å². The van der Waals surface area contributed by atoms with Crippen LogP contribution in [0.5, 0.6) is 0 Å². The summed E-state index contributed by atoms with van der Waals surface area (Å²) in [5.41, 5.74) is 2.55. The van der Waals surface area contributed by atoms with Gasteiger partial charge in [0.2, 0.25) is 0 Å². The molecule has 0 aliphatic heterocycles. The maximum atomic E-state index is 4.80. The molecule has 0 saturated carbocycles. The second kappa shape index (κ2) is 6.19. The minimum atomic E-state index is 0.0888. The van der Waals surface area contributed by atoms with Crippen molar-refractivity contribution in [1.82, 2.24) is 10.3 Å². The summed E-state index contributed by atoms with van der Waals surface area (Å²) in [6.45, 7) is 10.8. The molecule has 0 unspecified atom stereocenters. The lowest BCUT2D eigenvalue weighted by molar-refractivity contribution is 0.566. The van der Waals surface area contributed by atoms with E-state index < -0.39 is 0 Å². The predicted molar refractivity (Wildman–Crippen MR) is 79.3 cm³/mol. The summed E-state index contributed by atoms with van der Waals surface area (Å²) in [5.74, 6) is 1.08. The normalized spacial score (nSPS) is 11.7. The average molecular weight is 249 g/mol. The molecule has 3 heteroatoms. The van der Waals surface area contributed by atoms with Crippen LogP contribution in [0.25, 0.3) is 0 Å². The van der Waals surface area contributed by atoms with E-state index in [-0.39, 0.29) is 5.41 Å². The Hall–Kier alpha value is -1.09. The molecule has 1 N–H and O–H groups in total. The molecule has 1 rings (SSSR count). The van der Waals surface area contributed by atoms with Gasteiger partial charge >= 0.3 is 0 Å². The number of anilines is 1. The van der Waals surface area contributed by atoms with E-state index in [4.69, 9.17) is 4.98 Å². The molecule has 0 aromatic carbocycles. The lowest BCUT2D eigenvalue weighted by Gasteiger charge is -2.24. The zero-order valence-corrected chi connectivity index (χ0v) is 12.7. The summed E-state index contributed by atoms with van der Waals surface area (Å²) >= 11 is 0. The van der Waals surface area contributed by atoms with Crippen molar-refractivity contribution in [3.8, 4) is 0 Å². The lowest BCUT2D eigenvalue weighted by atomic mass is 9.90. The quantitative estimate of drug-likeness (QED) is 0.869. The second-order valence-electron chi connectivity index (χ2n) is 5.92. The van der Waals surface area contributed by atoms with Gasteiger partial charge in [0.1, 0.15) is 5.82 Å². The highest BCUT2D eigenvalue weighted by Gasteiger charge is 2.18. The fourth-order valence-electron chi connectivity index (χ4n) is 1.91. The smallest absolute Gasteiger partial charge is 0.128 e. The molecule has 18 heavy (non-hydrogen) atoms. The first-order chi connectivity index (χ1) is 8.38. The Morgan fingerprint density at radius 1 is 1.28 bits per heavy atom. The van der Waals surface area contributed by atoms with Gasteiger partial charge in [0.05, 0.1) is 0 Å². The third-order valence-corrected chi connectivity index (χ3v) is 2.97. The maximum Gasteiger partial charge on any atom is 0.128 e. The first kappa shape index (κ1) is 15.0. The molecular weight excluding hydrogens is 222 g/mol. The van der Waals surface area contributed by atoms with Gasteiger partial charge in [-0.15, -0.1) is 0 Å². The number of hydrogen-bond acceptors (Lipinski definition) is 3. The summed E-state index contributed by atoms with van der Waals surface area (Å²) in [4.78, 5) is 7.03. The minimum absolute atomic E-state index is 0.0888. The van der Waals surface area contributed by atoms with Crippen molar-refractivity contribution in [3.05, 3.63) is 23.4 Å². The molecule has 0 saturated heterocycles. The maximum absolute atomic E-state index is 4.80. The van der Waals surface area contributed by atoms with Gasteiger partial charge in [0.25, 0.3) is 0 Å². The van der Waals surface area contributed by atoms with E-state index in [0.29, 0.717) is 0 Å². The zero-order valence-electron chi connectivity index (χ0n) is 12.7. The summed E-state index contributed by atoms with van der Waals surface area (Å²) in [6, 6.07) is 4.39. The van der Waals surface area contributed by atoms with Gasteiger partial charge < -0.3 is 10.2 Å². The molecule has 0 aliphatic rings. The standard InChI is InChI=1S/C15H27N3/c1-7-8-18(6)14-10-12(11-16-5)9-13(17-14)15(2,3)4/h9-10,16H,7-8,11H2,1-6H3. The van der Waals surface area contributed by atoms with Gasteiger partial charge in [0, 0.05) is 31.2 Å². The number of pyridine rings is 1. The van der Waals surface area contributed by atoms with Crippen LogP contribution in [0.3, 0.4) is 0 Å².